The van der Waals surface area contributed by atoms with Gasteiger partial charge in [0.05, 0.1) is 23.6 Å². The molecule has 0 fully saturated rings. The SMILES string of the molecule is CC(C)C[C@@H](C(=O)NN(C(=O)C(C)N)c1cccc2ccccc12)[C@H](C/C=C/c1ccccc1)C(=O)NO. The summed E-state index contributed by atoms with van der Waals surface area (Å²) in [6, 6.07) is 21.7. The fourth-order valence-corrected chi connectivity index (χ4v) is 4.45. The molecule has 8 nitrogen and oxygen atoms in total. The van der Waals surface area contributed by atoms with Crippen LogP contribution < -0.4 is 21.6 Å². The summed E-state index contributed by atoms with van der Waals surface area (Å²) in [5.74, 6) is -3.32. The molecule has 8 heteroatoms. The van der Waals surface area contributed by atoms with Gasteiger partial charge in [0.25, 0.3) is 5.91 Å². The molecule has 0 aliphatic carbocycles. The van der Waals surface area contributed by atoms with Gasteiger partial charge in [0.15, 0.2) is 0 Å². The van der Waals surface area contributed by atoms with Crippen LogP contribution in [0.1, 0.15) is 39.2 Å². The number of hydrogen-bond donors (Lipinski definition) is 4. The molecule has 3 rings (SSSR count). The van der Waals surface area contributed by atoms with E-state index < -0.39 is 35.6 Å². The number of nitrogens with two attached hydrogens (primary N) is 1. The summed E-state index contributed by atoms with van der Waals surface area (Å²) in [5.41, 5.74) is 11.9. The highest BCUT2D eigenvalue weighted by Gasteiger charge is 2.35. The molecule has 3 aromatic carbocycles. The lowest BCUT2D eigenvalue weighted by molar-refractivity contribution is -0.141. The minimum absolute atomic E-state index is 0.0629. The van der Waals surface area contributed by atoms with Crippen molar-refractivity contribution in [2.24, 2.45) is 23.5 Å². The molecule has 38 heavy (non-hydrogen) atoms. The van der Waals surface area contributed by atoms with Crippen molar-refractivity contribution in [3.8, 4) is 0 Å². The van der Waals surface area contributed by atoms with Crippen LogP contribution in [0.3, 0.4) is 0 Å². The normalized spacial score (nSPS) is 13.7. The Morgan fingerprint density at radius 2 is 1.55 bits per heavy atom. The standard InChI is InChI=1S/C30H36N4O4/c1-20(2)19-26(25(29(36)33-38)17-9-13-22-11-5-4-6-12-22)28(35)32-34(30(37)21(3)31)27-18-10-15-23-14-7-8-16-24(23)27/h4-16,18,20-21,25-26,38H,17,19,31H2,1-3H3,(H,32,35)(H,33,36)/b13-9+/t21?,25-,26+/m0/s1. The number of nitrogens with zero attached hydrogens (tertiary/aromatic N) is 1. The van der Waals surface area contributed by atoms with E-state index in [1.54, 1.807) is 24.5 Å². The Morgan fingerprint density at radius 1 is 0.895 bits per heavy atom. The predicted octanol–water partition coefficient (Wildman–Crippen LogP) is 4.44. The molecule has 0 radical (unpaired) electrons. The van der Waals surface area contributed by atoms with Gasteiger partial charge in [-0.1, -0.05) is 92.7 Å². The number of fused-ring (bicyclic) bond motifs is 1. The van der Waals surface area contributed by atoms with E-state index in [0.29, 0.717) is 12.1 Å². The number of hydroxylamine groups is 1. The van der Waals surface area contributed by atoms with Crippen molar-refractivity contribution in [1.29, 1.82) is 0 Å². The number of nitrogens with one attached hydrogen (secondary N) is 2. The third kappa shape index (κ3) is 7.27. The number of benzene rings is 3. The molecule has 3 aromatic rings. The highest BCUT2D eigenvalue weighted by molar-refractivity contribution is 6.06. The fraction of sp³-hybridized carbons (Fsp3) is 0.300. The van der Waals surface area contributed by atoms with Crippen molar-refractivity contribution in [1.82, 2.24) is 10.9 Å². The first-order valence-electron chi connectivity index (χ1n) is 12.8. The zero-order chi connectivity index (χ0) is 27.7. The molecule has 0 bridgehead atoms. The summed E-state index contributed by atoms with van der Waals surface area (Å²) in [4.78, 5) is 39.8. The molecule has 1 unspecified atom stereocenters. The molecule has 0 saturated heterocycles. The second-order valence-electron chi connectivity index (χ2n) is 9.80. The van der Waals surface area contributed by atoms with Crippen LogP contribution in [-0.4, -0.2) is 29.0 Å². The summed E-state index contributed by atoms with van der Waals surface area (Å²) < 4.78 is 0. The first-order valence-corrected chi connectivity index (χ1v) is 12.8. The van der Waals surface area contributed by atoms with E-state index in [0.717, 1.165) is 16.3 Å². The van der Waals surface area contributed by atoms with Gasteiger partial charge in [-0.2, -0.15) is 0 Å². The van der Waals surface area contributed by atoms with Crippen molar-refractivity contribution in [3.05, 3.63) is 84.4 Å². The van der Waals surface area contributed by atoms with Gasteiger partial charge in [0.1, 0.15) is 0 Å². The Balaban J connectivity index is 1.96. The first-order chi connectivity index (χ1) is 18.2. The summed E-state index contributed by atoms with van der Waals surface area (Å²) in [5, 5.41) is 12.3. The first kappa shape index (κ1) is 28.6. The second kappa shape index (κ2) is 13.5. The van der Waals surface area contributed by atoms with Crippen LogP contribution in [0.15, 0.2) is 78.9 Å². The summed E-state index contributed by atoms with van der Waals surface area (Å²) in [6.07, 6.45) is 4.25. The molecule has 3 amide bonds. The third-order valence-electron chi connectivity index (χ3n) is 6.33. The Hall–Kier alpha value is -4.01. The minimum Gasteiger partial charge on any atom is -0.320 e. The molecule has 0 saturated carbocycles. The van der Waals surface area contributed by atoms with Crippen molar-refractivity contribution >= 4 is 40.3 Å². The average Bonchev–Trinajstić information content (AvgIpc) is 2.92. The fourth-order valence-electron chi connectivity index (χ4n) is 4.45. The Bertz CT molecular complexity index is 1270. The molecule has 5 N–H and O–H groups in total. The molecule has 0 aromatic heterocycles. The van der Waals surface area contributed by atoms with Crippen LogP contribution in [0.5, 0.6) is 0 Å². The van der Waals surface area contributed by atoms with E-state index in [1.165, 1.54) is 5.01 Å². The maximum Gasteiger partial charge on any atom is 0.262 e. The van der Waals surface area contributed by atoms with Gasteiger partial charge in [0.2, 0.25) is 11.8 Å². The van der Waals surface area contributed by atoms with E-state index in [2.05, 4.69) is 5.43 Å². The van der Waals surface area contributed by atoms with Gasteiger partial charge >= 0.3 is 0 Å². The minimum atomic E-state index is -0.886. The quantitative estimate of drug-likeness (QED) is 0.234. The van der Waals surface area contributed by atoms with Gasteiger partial charge in [-0.15, -0.1) is 0 Å². The summed E-state index contributed by atoms with van der Waals surface area (Å²) >= 11 is 0. The summed E-state index contributed by atoms with van der Waals surface area (Å²) in [7, 11) is 0. The van der Waals surface area contributed by atoms with Gasteiger partial charge in [0, 0.05) is 5.39 Å². The predicted molar refractivity (Wildman–Crippen MR) is 150 cm³/mol. The van der Waals surface area contributed by atoms with Crippen LogP contribution >= 0.6 is 0 Å². The van der Waals surface area contributed by atoms with Crippen LogP contribution in [0.25, 0.3) is 16.8 Å². The van der Waals surface area contributed by atoms with Gasteiger partial charge in [-0.25, -0.2) is 10.5 Å². The number of anilines is 1. The van der Waals surface area contributed by atoms with E-state index in [4.69, 9.17) is 5.73 Å². The van der Waals surface area contributed by atoms with E-state index in [9.17, 15) is 19.6 Å². The molecular weight excluding hydrogens is 480 g/mol. The lowest BCUT2D eigenvalue weighted by Gasteiger charge is -2.31. The topological polar surface area (TPSA) is 125 Å². The number of hydrogen-bond acceptors (Lipinski definition) is 5. The number of carbonyl (C=O) groups is 3. The van der Waals surface area contributed by atoms with Gasteiger partial charge < -0.3 is 5.73 Å². The van der Waals surface area contributed by atoms with Crippen LogP contribution in [0, 0.1) is 17.8 Å². The van der Waals surface area contributed by atoms with Crippen molar-refractivity contribution in [2.45, 2.75) is 39.7 Å². The number of carbonyl (C=O) groups excluding carboxylic acids is 3. The lowest BCUT2D eigenvalue weighted by atomic mass is 9.82. The van der Waals surface area contributed by atoms with E-state index in [1.807, 2.05) is 86.7 Å². The maximum absolute atomic E-state index is 13.8. The Morgan fingerprint density at radius 3 is 2.21 bits per heavy atom. The molecule has 0 heterocycles. The van der Waals surface area contributed by atoms with Crippen LogP contribution in [0.2, 0.25) is 0 Å². The zero-order valence-corrected chi connectivity index (χ0v) is 22.0. The highest BCUT2D eigenvalue weighted by atomic mass is 16.5. The van der Waals surface area contributed by atoms with Gasteiger partial charge in [-0.05, 0) is 42.7 Å². The maximum atomic E-state index is 13.8. The Kier molecular flexibility index (Phi) is 10.2. The number of allylic oxidation sites excluding steroid dienone is 1. The van der Waals surface area contributed by atoms with Crippen LogP contribution in [0.4, 0.5) is 5.69 Å². The Labute approximate surface area is 223 Å². The monoisotopic (exact) mass is 516 g/mol. The number of amides is 3. The van der Waals surface area contributed by atoms with Crippen molar-refractivity contribution in [2.75, 3.05) is 5.01 Å². The second-order valence-corrected chi connectivity index (χ2v) is 9.80. The molecule has 3 atom stereocenters. The average molecular weight is 517 g/mol. The van der Waals surface area contributed by atoms with Crippen molar-refractivity contribution in [3.63, 3.8) is 0 Å². The highest BCUT2D eigenvalue weighted by Crippen LogP contribution is 2.29. The number of rotatable bonds is 10. The largest absolute Gasteiger partial charge is 0.320 e. The lowest BCUT2D eigenvalue weighted by Crippen LogP contribution is -2.55. The summed E-state index contributed by atoms with van der Waals surface area (Å²) in [6.45, 7) is 5.45. The number of hydrazine groups is 1. The molecule has 0 aliphatic rings. The van der Waals surface area contributed by atoms with Crippen molar-refractivity contribution < 1.29 is 19.6 Å². The molecule has 200 valence electrons. The van der Waals surface area contributed by atoms with Crippen LogP contribution in [-0.2, 0) is 14.4 Å². The molecule has 0 aliphatic heterocycles. The van der Waals surface area contributed by atoms with E-state index in [-0.39, 0.29) is 12.3 Å². The van der Waals surface area contributed by atoms with Gasteiger partial charge in [-0.3, -0.25) is 25.0 Å². The smallest absolute Gasteiger partial charge is 0.262 e. The molecular formula is C30H36N4O4. The zero-order valence-electron chi connectivity index (χ0n) is 22.0. The van der Waals surface area contributed by atoms with E-state index >= 15 is 0 Å². The third-order valence-corrected chi connectivity index (χ3v) is 6.33. The molecule has 0 spiro atoms.